The molecule has 0 bridgehead atoms. The summed E-state index contributed by atoms with van der Waals surface area (Å²) in [7, 11) is -3.43. The molecule has 138 valence electrons. The molecular weight excluding hydrogens is 372 g/mol. The zero-order valence-corrected chi connectivity index (χ0v) is 16.3. The number of aromatic nitrogens is 2. The number of hydrogen-bond acceptors (Lipinski definition) is 6. The van der Waals surface area contributed by atoms with E-state index in [2.05, 4.69) is 9.97 Å². The Bertz CT molecular complexity index is 956. The molecule has 2 saturated heterocycles. The van der Waals surface area contributed by atoms with E-state index >= 15 is 0 Å². The van der Waals surface area contributed by atoms with Gasteiger partial charge in [0.15, 0.2) is 0 Å². The van der Waals surface area contributed by atoms with Crippen LogP contribution >= 0.6 is 11.3 Å². The Morgan fingerprint density at radius 3 is 2.69 bits per heavy atom. The SMILES string of the molecule is Cc1cccc(C(=O)N2C[C@H]3CN(Cc4csc(C)n4)S(=O)(=O)[C@@H]3C2)n1. The average Bonchev–Trinajstić information content (AvgIpc) is 3.25. The first-order valence-electron chi connectivity index (χ1n) is 8.47. The van der Waals surface area contributed by atoms with E-state index in [1.807, 2.05) is 25.3 Å². The topological polar surface area (TPSA) is 83.5 Å². The lowest BCUT2D eigenvalue weighted by Gasteiger charge is -2.21. The normalized spacial score (nSPS) is 24.8. The number of thiazole rings is 1. The third-order valence-electron chi connectivity index (χ3n) is 4.96. The molecule has 4 rings (SSSR count). The van der Waals surface area contributed by atoms with Gasteiger partial charge in [-0.1, -0.05) is 6.07 Å². The minimum Gasteiger partial charge on any atom is -0.336 e. The van der Waals surface area contributed by atoms with Crippen LogP contribution in [0.5, 0.6) is 0 Å². The molecule has 1 amide bonds. The summed E-state index contributed by atoms with van der Waals surface area (Å²) in [4.78, 5) is 22.9. The Hall–Kier alpha value is -1.84. The number of pyridine rings is 1. The summed E-state index contributed by atoms with van der Waals surface area (Å²) in [6.45, 7) is 5.17. The van der Waals surface area contributed by atoms with Gasteiger partial charge in [0.1, 0.15) is 5.69 Å². The van der Waals surface area contributed by atoms with Gasteiger partial charge in [-0.15, -0.1) is 11.3 Å². The minimum atomic E-state index is -3.43. The van der Waals surface area contributed by atoms with E-state index < -0.39 is 15.3 Å². The third-order valence-corrected chi connectivity index (χ3v) is 8.08. The zero-order chi connectivity index (χ0) is 18.5. The molecule has 0 aromatic carbocycles. The van der Waals surface area contributed by atoms with E-state index in [1.54, 1.807) is 17.0 Å². The maximum Gasteiger partial charge on any atom is 0.272 e. The summed E-state index contributed by atoms with van der Waals surface area (Å²) < 4.78 is 27.3. The number of fused-ring (bicyclic) bond motifs is 1. The first-order chi connectivity index (χ1) is 12.3. The first-order valence-corrected chi connectivity index (χ1v) is 10.9. The van der Waals surface area contributed by atoms with Gasteiger partial charge in [0, 0.05) is 36.6 Å². The highest BCUT2D eigenvalue weighted by Crippen LogP contribution is 2.35. The summed E-state index contributed by atoms with van der Waals surface area (Å²) in [5.41, 5.74) is 1.93. The molecule has 2 aromatic rings. The molecule has 7 nitrogen and oxygen atoms in total. The molecule has 0 saturated carbocycles. The van der Waals surface area contributed by atoms with Crippen LogP contribution in [0.15, 0.2) is 23.6 Å². The zero-order valence-electron chi connectivity index (χ0n) is 14.6. The van der Waals surface area contributed by atoms with Crippen LogP contribution in [0.3, 0.4) is 0 Å². The summed E-state index contributed by atoms with van der Waals surface area (Å²) in [5, 5.41) is 2.30. The quantitative estimate of drug-likeness (QED) is 0.789. The van der Waals surface area contributed by atoms with Crippen molar-refractivity contribution in [2.45, 2.75) is 25.6 Å². The molecule has 2 fully saturated rings. The van der Waals surface area contributed by atoms with Crippen LogP contribution in [0.25, 0.3) is 0 Å². The Labute approximate surface area is 156 Å². The van der Waals surface area contributed by atoms with Crippen molar-refractivity contribution in [2.24, 2.45) is 5.92 Å². The van der Waals surface area contributed by atoms with Crippen LogP contribution < -0.4 is 0 Å². The molecule has 0 aliphatic carbocycles. The highest BCUT2D eigenvalue weighted by Gasteiger charge is 2.52. The van der Waals surface area contributed by atoms with Crippen molar-refractivity contribution < 1.29 is 13.2 Å². The van der Waals surface area contributed by atoms with Gasteiger partial charge in [0.25, 0.3) is 5.91 Å². The van der Waals surface area contributed by atoms with Gasteiger partial charge in [-0.25, -0.2) is 18.4 Å². The highest BCUT2D eigenvalue weighted by atomic mass is 32.2. The number of likely N-dealkylation sites (tertiary alicyclic amines) is 1. The molecule has 2 aliphatic heterocycles. The van der Waals surface area contributed by atoms with E-state index in [9.17, 15) is 13.2 Å². The lowest BCUT2D eigenvalue weighted by molar-refractivity contribution is 0.0778. The molecule has 0 radical (unpaired) electrons. The predicted octanol–water partition coefficient (Wildman–Crippen LogP) is 1.44. The molecule has 2 aromatic heterocycles. The fourth-order valence-electron chi connectivity index (χ4n) is 3.72. The molecular formula is C17H20N4O3S2. The van der Waals surface area contributed by atoms with Gasteiger partial charge in [-0.05, 0) is 26.0 Å². The Balaban J connectivity index is 1.49. The van der Waals surface area contributed by atoms with Crippen LogP contribution in [0.4, 0.5) is 0 Å². The number of nitrogens with zero attached hydrogens (tertiary/aromatic N) is 4. The van der Waals surface area contributed by atoms with Crippen LogP contribution in [-0.2, 0) is 16.6 Å². The van der Waals surface area contributed by atoms with Crippen LogP contribution in [0.2, 0.25) is 0 Å². The lowest BCUT2D eigenvalue weighted by atomic mass is 10.1. The smallest absolute Gasteiger partial charge is 0.272 e. The monoisotopic (exact) mass is 392 g/mol. The highest BCUT2D eigenvalue weighted by molar-refractivity contribution is 7.90. The van der Waals surface area contributed by atoms with Gasteiger partial charge in [0.2, 0.25) is 10.0 Å². The third kappa shape index (κ3) is 3.04. The number of hydrogen-bond donors (Lipinski definition) is 0. The van der Waals surface area contributed by atoms with Crippen LogP contribution in [-0.4, -0.2) is 58.4 Å². The number of amides is 1. The molecule has 2 atom stereocenters. The summed E-state index contributed by atoms with van der Waals surface area (Å²) in [5.74, 6) is -0.256. The fraction of sp³-hybridized carbons (Fsp3) is 0.471. The van der Waals surface area contributed by atoms with E-state index in [-0.39, 0.29) is 18.4 Å². The van der Waals surface area contributed by atoms with Gasteiger partial charge < -0.3 is 4.90 Å². The molecule has 0 unspecified atom stereocenters. The maximum atomic E-state index is 12.9. The second kappa shape index (κ2) is 6.40. The summed E-state index contributed by atoms with van der Waals surface area (Å²) in [6.07, 6.45) is 0. The van der Waals surface area contributed by atoms with Gasteiger partial charge in [-0.2, -0.15) is 4.31 Å². The molecule has 9 heteroatoms. The van der Waals surface area contributed by atoms with E-state index in [0.717, 1.165) is 16.4 Å². The largest absolute Gasteiger partial charge is 0.336 e. The van der Waals surface area contributed by atoms with E-state index in [4.69, 9.17) is 0 Å². The first kappa shape index (κ1) is 17.6. The van der Waals surface area contributed by atoms with Gasteiger partial charge in [-0.3, -0.25) is 4.79 Å². The average molecular weight is 393 g/mol. The number of aryl methyl sites for hydroxylation is 2. The van der Waals surface area contributed by atoms with Crippen LogP contribution in [0, 0.1) is 19.8 Å². The van der Waals surface area contributed by atoms with Crippen molar-refractivity contribution >= 4 is 27.3 Å². The second-order valence-electron chi connectivity index (χ2n) is 6.87. The standard InChI is InChI=1S/C17H20N4O3S2/c1-11-4-3-5-15(18-11)17(22)20-6-13-7-21(26(23,24)16(13)9-20)8-14-10-25-12(2)19-14/h3-5,10,13,16H,6-9H2,1-2H3/t13-,16+/m0/s1. The minimum absolute atomic E-state index is 0.0616. The Morgan fingerprint density at radius 1 is 1.23 bits per heavy atom. The van der Waals surface area contributed by atoms with Crippen molar-refractivity contribution in [3.8, 4) is 0 Å². The predicted molar refractivity (Wildman–Crippen MR) is 98.3 cm³/mol. The second-order valence-corrected chi connectivity index (χ2v) is 10.1. The number of sulfonamides is 1. The fourth-order valence-corrected chi connectivity index (χ4v) is 6.44. The molecule has 2 aliphatic rings. The summed E-state index contributed by atoms with van der Waals surface area (Å²) >= 11 is 1.52. The molecule has 4 heterocycles. The number of carbonyl (C=O) groups excluding carboxylic acids is 1. The molecule has 0 N–H and O–H groups in total. The van der Waals surface area contributed by atoms with Gasteiger partial charge in [0.05, 0.1) is 22.5 Å². The number of carbonyl (C=O) groups is 1. The summed E-state index contributed by atoms with van der Waals surface area (Å²) in [6, 6.07) is 5.30. The molecule has 0 spiro atoms. The maximum absolute atomic E-state index is 12.9. The Morgan fingerprint density at radius 2 is 2.04 bits per heavy atom. The van der Waals surface area contributed by atoms with Crippen molar-refractivity contribution in [3.63, 3.8) is 0 Å². The van der Waals surface area contributed by atoms with Gasteiger partial charge >= 0.3 is 0 Å². The molecule has 26 heavy (non-hydrogen) atoms. The van der Waals surface area contributed by atoms with Crippen molar-refractivity contribution in [1.82, 2.24) is 19.2 Å². The Kier molecular flexibility index (Phi) is 4.32. The van der Waals surface area contributed by atoms with Crippen molar-refractivity contribution in [2.75, 3.05) is 19.6 Å². The van der Waals surface area contributed by atoms with Crippen molar-refractivity contribution in [3.05, 3.63) is 45.7 Å². The van der Waals surface area contributed by atoms with Crippen molar-refractivity contribution in [1.29, 1.82) is 0 Å². The van der Waals surface area contributed by atoms with E-state index in [1.165, 1.54) is 15.6 Å². The number of rotatable bonds is 3. The lowest BCUT2D eigenvalue weighted by Crippen LogP contribution is -2.37. The van der Waals surface area contributed by atoms with Crippen LogP contribution in [0.1, 0.15) is 26.9 Å². The van der Waals surface area contributed by atoms with E-state index in [0.29, 0.717) is 25.3 Å².